The number of nitrogens with one attached hydrogen (secondary N) is 1. The number of thiocarbonyl (C=S) groups is 1. The first-order chi connectivity index (χ1) is 4.31. The van der Waals surface area contributed by atoms with Crippen molar-refractivity contribution in [3.05, 3.63) is 0 Å². The molecule has 0 amide bonds. The second kappa shape index (κ2) is 5.84. The highest BCUT2D eigenvalue weighted by Crippen LogP contribution is 2.05. The number of carbonyl (C=O) groups is 1. The standard InChI is InChI=1S/C3H5NS2.CH2O2/c5-3-4-1-2-6-3;2-1-3/h1-2H2,(H,4,5);1H,(H,2,3). The van der Waals surface area contributed by atoms with Crippen LogP contribution in [0.3, 0.4) is 0 Å². The highest BCUT2D eigenvalue weighted by atomic mass is 32.2. The molecule has 0 unspecified atom stereocenters. The number of carboxylic acid groups (broad SMARTS) is 1. The van der Waals surface area contributed by atoms with Crippen LogP contribution in [0, 0.1) is 0 Å². The van der Waals surface area contributed by atoms with Gasteiger partial charge in [-0.05, 0) is 0 Å². The number of hydrogen-bond donors (Lipinski definition) is 2. The van der Waals surface area contributed by atoms with Crippen LogP contribution in [0.25, 0.3) is 0 Å². The maximum Gasteiger partial charge on any atom is 0.290 e. The van der Waals surface area contributed by atoms with Crippen LogP contribution in [-0.4, -0.2) is 28.2 Å². The Labute approximate surface area is 62.8 Å². The second-order valence-electron chi connectivity index (χ2n) is 1.17. The summed E-state index contributed by atoms with van der Waals surface area (Å²) in [6.45, 7) is 0.809. The molecule has 1 heterocycles. The Morgan fingerprint density at radius 3 is 2.56 bits per heavy atom. The van der Waals surface area contributed by atoms with Crippen molar-refractivity contribution in [3.8, 4) is 0 Å². The summed E-state index contributed by atoms with van der Waals surface area (Å²) < 4.78 is 0.954. The molecule has 0 aromatic heterocycles. The molecule has 0 atom stereocenters. The lowest BCUT2D eigenvalue weighted by Crippen LogP contribution is -2.09. The summed E-state index contributed by atoms with van der Waals surface area (Å²) in [5.41, 5.74) is 0. The van der Waals surface area contributed by atoms with Crippen molar-refractivity contribution in [2.75, 3.05) is 12.3 Å². The lowest BCUT2D eigenvalue weighted by Gasteiger charge is -1.82. The third kappa shape index (κ3) is 5.58. The molecule has 1 saturated heterocycles. The molecular formula is C4H7NO2S2. The Hall–Kier alpha value is -0.290. The van der Waals surface area contributed by atoms with Crippen LogP contribution < -0.4 is 5.32 Å². The fraction of sp³-hybridized carbons (Fsp3) is 0.500. The van der Waals surface area contributed by atoms with Crippen molar-refractivity contribution in [3.63, 3.8) is 0 Å². The van der Waals surface area contributed by atoms with Crippen molar-refractivity contribution >= 4 is 34.8 Å². The van der Waals surface area contributed by atoms with Crippen LogP contribution in [0.4, 0.5) is 0 Å². The summed E-state index contributed by atoms with van der Waals surface area (Å²) in [5, 5.41) is 9.90. The summed E-state index contributed by atoms with van der Waals surface area (Å²) in [6, 6.07) is 0. The van der Waals surface area contributed by atoms with Crippen LogP contribution in [0.15, 0.2) is 0 Å². The van der Waals surface area contributed by atoms with E-state index in [4.69, 9.17) is 22.1 Å². The fourth-order valence-corrected chi connectivity index (χ4v) is 1.29. The lowest BCUT2D eigenvalue weighted by atomic mass is 10.8. The molecule has 1 fully saturated rings. The van der Waals surface area contributed by atoms with Crippen LogP contribution in [0.2, 0.25) is 0 Å². The Morgan fingerprint density at radius 2 is 2.44 bits per heavy atom. The zero-order valence-electron chi connectivity index (χ0n) is 4.66. The van der Waals surface area contributed by atoms with E-state index in [0.29, 0.717) is 0 Å². The molecule has 0 aromatic rings. The normalized spacial score (nSPS) is 15.3. The summed E-state index contributed by atoms with van der Waals surface area (Å²) in [6.07, 6.45) is 0. The predicted octanol–water partition coefficient (Wildman–Crippen LogP) is 0.309. The van der Waals surface area contributed by atoms with Gasteiger partial charge in [0.15, 0.2) is 0 Å². The van der Waals surface area contributed by atoms with Gasteiger partial charge in [-0.3, -0.25) is 4.79 Å². The molecule has 2 N–H and O–H groups in total. The van der Waals surface area contributed by atoms with Crippen molar-refractivity contribution < 1.29 is 9.90 Å². The Bertz CT molecular complexity index is 98.7. The Morgan fingerprint density at radius 1 is 1.89 bits per heavy atom. The van der Waals surface area contributed by atoms with Gasteiger partial charge in [-0.1, -0.05) is 24.0 Å². The second-order valence-corrected chi connectivity index (χ2v) is 2.94. The van der Waals surface area contributed by atoms with Gasteiger partial charge in [0.1, 0.15) is 4.32 Å². The van der Waals surface area contributed by atoms with Crippen LogP contribution in [0.1, 0.15) is 0 Å². The molecule has 9 heavy (non-hydrogen) atoms. The van der Waals surface area contributed by atoms with Gasteiger partial charge >= 0.3 is 0 Å². The van der Waals surface area contributed by atoms with E-state index in [0.717, 1.165) is 16.6 Å². The van der Waals surface area contributed by atoms with Gasteiger partial charge in [0.25, 0.3) is 6.47 Å². The molecule has 0 saturated carbocycles. The number of rotatable bonds is 0. The number of hydrogen-bond acceptors (Lipinski definition) is 3. The highest BCUT2D eigenvalue weighted by molar-refractivity contribution is 8.23. The fourth-order valence-electron chi connectivity index (χ4n) is 0.348. The monoisotopic (exact) mass is 165 g/mol. The minimum absolute atomic E-state index is 0.250. The van der Waals surface area contributed by atoms with Crippen LogP contribution in [-0.2, 0) is 4.79 Å². The van der Waals surface area contributed by atoms with Crippen molar-refractivity contribution in [1.82, 2.24) is 5.32 Å². The van der Waals surface area contributed by atoms with Gasteiger partial charge in [0.2, 0.25) is 0 Å². The zero-order chi connectivity index (χ0) is 7.11. The molecule has 5 heteroatoms. The van der Waals surface area contributed by atoms with Crippen molar-refractivity contribution in [1.29, 1.82) is 0 Å². The van der Waals surface area contributed by atoms with Gasteiger partial charge in [-0.2, -0.15) is 0 Å². The zero-order valence-corrected chi connectivity index (χ0v) is 6.30. The van der Waals surface area contributed by atoms with E-state index in [1.165, 1.54) is 0 Å². The third-order valence-corrected chi connectivity index (χ3v) is 1.92. The van der Waals surface area contributed by atoms with E-state index in [2.05, 4.69) is 5.32 Å². The Kier molecular flexibility index (Phi) is 5.65. The molecular weight excluding hydrogens is 158 g/mol. The highest BCUT2D eigenvalue weighted by Gasteiger charge is 2.01. The smallest absolute Gasteiger partial charge is 0.290 e. The van der Waals surface area contributed by atoms with Crippen molar-refractivity contribution in [2.45, 2.75) is 0 Å². The minimum atomic E-state index is -0.250. The van der Waals surface area contributed by atoms with Crippen LogP contribution >= 0.6 is 24.0 Å². The topological polar surface area (TPSA) is 49.3 Å². The van der Waals surface area contributed by atoms with E-state index < -0.39 is 0 Å². The third-order valence-electron chi connectivity index (χ3n) is 0.605. The van der Waals surface area contributed by atoms with Gasteiger partial charge in [-0.15, -0.1) is 0 Å². The van der Waals surface area contributed by atoms with E-state index >= 15 is 0 Å². The predicted molar refractivity (Wildman–Crippen MR) is 41.8 cm³/mol. The molecule has 1 aliphatic rings. The molecule has 52 valence electrons. The summed E-state index contributed by atoms with van der Waals surface area (Å²) in [7, 11) is 0. The molecule has 0 aromatic carbocycles. The summed E-state index contributed by atoms with van der Waals surface area (Å²) in [4.78, 5) is 8.36. The van der Waals surface area contributed by atoms with Gasteiger partial charge in [0, 0.05) is 12.3 Å². The average molecular weight is 165 g/mol. The molecule has 0 aliphatic carbocycles. The first kappa shape index (κ1) is 8.71. The minimum Gasteiger partial charge on any atom is -0.483 e. The summed E-state index contributed by atoms with van der Waals surface area (Å²) in [5.74, 6) is 1.15. The first-order valence-electron chi connectivity index (χ1n) is 2.29. The maximum absolute atomic E-state index is 8.36. The molecule has 3 nitrogen and oxygen atoms in total. The van der Waals surface area contributed by atoms with Gasteiger partial charge in [-0.25, -0.2) is 0 Å². The van der Waals surface area contributed by atoms with Crippen LogP contribution in [0.5, 0.6) is 0 Å². The number of thioether (sulfide) groups is 1. The van der Waals surface area contributed by atoms with E-state index in [1.54, 1.807) is 11.8 Å². The molecule has 0 radical (unpaired) electrons. The van der Waals surface area contributed by atoms with Crippen molar-refractivity contribution in [2.24, 2.45) is 0 Å². The van der Waals surface area contributed by atoms with E-state index in [-0.39, 0.29) is 6.47 Å². The molecule has 1 aliphatic heterocycles. The maximum atomic E-state index is 8.36. The molecule has 0 bridgehead atoms. The Balaban J connectivity index is 0.000000187. The average Bonchev–Trinajstić information content (AvgIpc) is 2.20. The SMILES string of the molecule is O=CO.S=C1NCCS1. The molecule has 0 spiro atoms. The van der Waals surface area contributed by atoms with Gasteiger partial charge in [0.05, 0.1) is 0 Å². The molecule has 1 rings (SSSR count). The van der Waals surface area contributed by atoms with E-state index in [9.17, 15) is 0 Å². The van der Waals surface area contributed by atoms with E-state index in [1.807, 2.05) is 0 Å². The first-order valence-corrected chi connectivity index (χ1v) is 3.69. The lowest BCUT2D eigenvalue weighted by molar-refractivity contribution is -0.122. The quantitative estimate of drug-likeness (QED) is 0.399. The largest absolute Gasteiger partial charge is 0.483 e. The van der Waals surface area contributed by atoms with Gasteiger partial charge < -0.3 is 10.4 Å². The summed E-state index contributed by atoms with van der Waals surface area (Å²) >= 11 is 6.49.